The van der Waals surface area contributed by atoms with Crippen LogP contribution in [0.3, 0.4) is 0 Å². The molecule has 0 radical (unpaired) electrons. The second-order valence-electron chi connectivity index (χ2n) is 7.95. The average molecular weight is 325 g/mol. The standard InChI is InChI=1S/C20H27N3O/c1-14(2)15-6-8-16(9-7-15)19(24)22-11-10-18-17(13-22)12-21-23(18)20(3,4)5/h6-9,12,14H,10-11,13H2,1-5H3. The summed E-state index contributed by atoms with van der Waals surface area (Å²) < 4.78 is 2.10. The summed E-state index contributed by atoms with van der Waals surface area (Å²) in [6.45, 7) is 12.2. The first kappa shape index (κ1) is 16.7. The van der Waals surface area contributed by atoms with Gasteiger partial charge in [-0.1, -0.05) is 26.0 Å². The molecular formula is C20H27N3O. The summed E-state index contributed by atoms with van der Waals surface area (Å²) in [5.74, 6) is 0.592. The summed E-state index contributed by atoms with van der Waals surface area (Å²) in [4.78, 5) is 14.7. The van der Waals surface area contributed by atoms with Crippen LogP contribution in [0, 0.1) is 0 Å². The molecular weight excluding hydrogens is 298 g/mol. The number of carbonyl (C=O) groups is 1. The molecule has 1 aliphatic heterocycles. The average Bonchev–Trinajstić information content (AvgIpc) is 2.97. The van der Waals surface area contributed by atoms with Gasteiger partial charge in [0.25, 0.3) is 5.91 Å². The van der Waals surface area contributed by atoms with Gasteiger partial charge in [-0.2, -0.15) is 5.10 Å². The van der Waals surface area contributed by atoms with Gasteiger partial charge in [0.1, 0.15) is 0 Å². The molecule has 24 heavy (non-hydrogen) atoms. The quantitative estimate of drug-likeness (QED) is 0.838. The largest absolute Gasteiger partial charge is 0.334 e. The van der Waals surface area contributed by atoms with Gasteiger partial charge >= 0.3 is 0 Å². The highest BCUT2D eigenvalue weighted by Gasteiger charge is 2.27. The zero-order valence-corrected chi connectivity index (χ0v) is 15.3. The minimum atomic E-state index is -0.0214. The van der Waals surface area contributed by atoms with Gasteiger partial charge in [-0.3, -0.25) is 9.48 Å². The molecule has 1 aromatic heterocycles. The van der Waals surface area contributed by atoms with E-state index >= 15 is 0 Å². The number of nitrogens with zero attached hydrogens (tertiary/aromatic N) is 3. The lowest BCUT2D eigenvalue weighted by molar-refractivity contribution is 0.0732. The molecule has 0 fully saturated rings. The summed E-state index contributed by atoms with van der Waals surface area (Å²) in [6, 6.07) is 8.02. The van der Waals surface area contributed by atoms with Crippen LogP contribution < -0.4 is 0 Å². The topological polar surface area (TPSA) is 38.1 Å². The number of hydrogen-bond donors (Lipinski definition) is 0. The van der Waals surface area contributed by atoms with Gasteiger partial charge in [-0.25, -0.2) is 0 Å². The first-order valence-electron chi connectivity index (χ1n) is 8.73. The number of carbonyl (C=O) groups excluding carboxylic acids is 1. The van der Waals surface area contributed by atoms with E-state index in [0.717, 1.165) is 18.5 Å². The molecule has 2 aromatic rings. The zero-order chi connectivity index (χ0) is 17.5. The van der Waals surface area contributed by atoms with Crippen LogP contribution in [0.2, 0.25) is 0 Å². The Labute approximate surface area is 144 Å². The maximum atomic E-state index is 12.8. The molecule has 0 atom stereocenters. The Balaban J connectivity index is 1.78. The van der Waals surface area contributed by atoms with E-state index in [1.165, 1.54) is 16.8 Å². The maximum Gasteiger partial charge on any atom is 0.254 e. The number of aromatic nitrogens is 2. The SMILES string of the molecule is CC(C)c1ccc(C(=O)N2CCc3c(cnn3C(C)(C)C)C2)cc1. The molecule has 3 rings (SSSR count). The van der Waals surface area contributed by atoms with Crippen LogP contribution in [-0.2, 0) is 18.5 Å². The first-order chi connectivity index (χ1) is 11.3. The third-order valence-corrected chi connectivity index (χ3v) is 4.68. The van der Waals surface area contributed by atoms with Crippen molar-refractivity contribution >= 4 is 5.91 Å². The van der Waals surface area contributed by atoms with Crippen molar-refractivity contribution in [2.75, 3.05) is 6.54 Å². The Morgan fingerprint density at radius 3 is 2.42 bits per heavy atom. The molecule has 0 N–H and O–H groups in total. The lowest BCUT2D eigenvalue weighted by Crippen LogP contribution is -2.37. The van der Waals surface area contributed by atoms with Gasteiger partial charge in [0.2, 0.25) is 0 Å². The van der Waals surface area contributed by atoms with Crippen LogP contribution in [0.1, 0.15) is 67.7 Å². The highest BCUT2D eigenvalue weighted by molar-refractivity contribution is 5.94. The van der Waals surface area contributed by atoms with E-state index in [2.05, 4.69) is 56.5 Å². The fourth-order valence-corrected chi connectivity index (χ4v) is 3.28. The maximum absolute atomic E-state index is 12.8. The van der Waals surface area contributed by atoms with Gasteiger partial charge in [0.05, 0.1) is 11.7 Å². The normalized spacial score (nSPS) is 14.8. The summed E-state index contributed by atoms with van der Waals surface area (Å²) in [5.41, 5.74) is 4.45. The Hall–Kier alpha value is -2.10. The lowest BCUT2D eigenvalue weighted by atomic mass is 10.0. The van der Waals surface area contributed by atoms with Crippen LogP contribution >= 0.6 is 0 Å². The van der Waals surface area contributed by atoms with E-state index in [1.54, 1.807) is 0 Å². The second-order valence-corrected chi connectivity index (χ2v) is 7.95. The predicted molar refractivity (Wildman–Crippen MR) is 96.2 cm³/mol. The third-order valence-electron chi connectivity index (χ3n) is 4.68. The zero-order valence-electron chi connectivity index (χ0n) is 15.3. The summed E-state index contributed by atoms with van der Waals surface area (Å²) in [5, 5.41) is 4.55. The second kappa shape index (κ2) is 6.08. The molecule has 4 nitrogen and oxygen atoms in total. The number of hydrogen-bond acceptors (Lipinski definition) is 2. The Morgan fingerprint density at radius 2 is 1.83 bits per heavy atom. The molecule has 0 bridgehead atoms. The van der Waals surface area contributed by atoms with E-state index < -0.39 is 0 Å². The molecule has 0 spiro atoms. The van der Waals surface area contributed by atoms with Crippen molar-refractivity contribution in [3.05, 3.63) is 52.8 Å². The van der Waals surface area contributed by atoms with E-state index in [4.69, 9.17) is 0 Å². The van der Waals surface area contributed by atoms with Crippen molar-refractivity contribution in [1.82, 2.24) is 14.7 Å². The molecule has 0 aliphatic carbocycles. The van der Waals surface area contributed by atoms with Crippen LogP contribution in [0.5, 0.6) is 0 Å². The Bertz CT molecular complexity index is 735. The lowest BCUT2D eigenvalue weighted by Gasteiger charge is -2.30. The number of benzene rings is 1. The highest BCUT2D eigenvalue weighted by Crippen LogP contribution is 2.25. The van der Waals surface area contributed by atoms with Crippen LogP contribution in [0.25, 0.3) is 0 Å². The third kappa shape index (κ3) is 3.10. The monoisotopic (exact) mass is 325 g/mol. The fourth-order valence-electron chi connectivity index (χ4n) is 3.28. The highest BCUT2D eigenvalue weighted by atomic mass is 16.2. The molecule has 2 heterocycles. The minimum Gasteiger partial charge on any atom is -0.334 e. The first-order valence-corrected chi connectivity index (χ1v) is 8.73. The van der Waals surface area contributed by atoms with Crippen molar-refractivity contribution in [2.45, 2.75) is 59.0 Å². The summed E-state index contributed by atoms with van der Waals surface area (Å²) >= 11 is 0. The van der Waals surface area contributed by atoms with Gasteiger partial charge in [0.15, 0.2) is 0 Å². The summed E-state index contributed by atoms with van der Waals surface area (Å²) in [6.07, 6.45) is 2.78. The number of rotatable bonds is 2. The molecule has 0 saturated carbocycles. The van der Waals surface area contributed by atoms with Crippen molar-refractivity contribution in [1.29, 1.82) is 0 Å². The van der Waals surface area contributed by atoms with Crippen molar-refractivity contribution in [3.63, 3.8) is 0 Å². The van der Waals surface area contributed by atoms with Crippen molar-refractivity contribution in [2.24, 2.45) is 0 Å². The summed E-state index contributed by atoms with van der Waals surface area (Å²) in [7, 11) is 0. The van der Waals surface area contributed by atoms with E-state index in [-0.39, 0.29) is 11.4 Å². The van der Waals surface area contributed by atoms with E-state index in [1.807, 2.05) is 23.2 Å². The number of amides is 1. The Morgan fingerprint density at radius 1 is 1.17 bits per heavy atom. The van der Waals surface area contributed by atoms with Gasteiger partial charge in [-0.05, 0) is 44.4 Å². The smallest absolute Gasteiger partial charge is 0.254 e. The van der Waals surface area contributed by atoms with Gasteiger partial charge < -0.3 is 4.90 Å². The van der Waals surface area contributed by atoms with Crippen LogP contribution in [-0.4, -0.2) is 27.1 Å². The van der Waals surface area contributed by atoms with E-state index in [0.29, 0.717) is 12.5 Å². The molecule has 0 unspecified atom stereocenters. The van der Waals surface area contributed by atoms with Crippen LogP contribution in [0.15, 0.2) is 30.5 Å². The predicted octanol–water partition coefficient (Wildman–Crippen LogP) is 3.96. The molecule has 128 valence electrons. The molecule has 4 heteroatoms. The van der Waals surface area contributed by atoms with Gasteiger partial charge in [-0.15, -0.1) is 0 Å². The molecule has 1 amide bonds. The fraction of sp³-hybridized carbons (Fsp3) is 0.500. The Kier molecular flexibility index (Phi) is 4.24. The minimum absolute atomic E-state index is 0.0214. The number of fused-ring (bicyclic) bond motifs is 1. The molecule has 1 aromatic carbocycles. The molecule has 1 aliphatic rings. The van der Waals surface area contributed by atoms with E-state index in [9.17, 15) is 4.79 Å². The molecule has 0 saturated heterocycles. The van der Waals surface area contributed by atoms with Crippen molar-refractivity contribution in [3.8, 4) is 0 Å². The van der Waals surface area contributed by atoms with Crippen LogP contribution in [0.4, 0.5) is 0 Å². The van der Waals surface area contributed by atoms with Gasteiger partial charge in [0, 0.05) is 36.3 Å². The van der Waals surface area contributed by atoms with Crippen molar-refractivity contribution < 1.29 is 4.79 Å².